The summed E-state index contributed by atoms with van der Waals surface area (Å²) in [5.41, 5.74) is 5.80. The molecule has 3 N–H and O–H groups in total. The maximum atomic E-state index is 9.70. The molecular weight excluding hydrogens is 304 g/mol. The standard InChI is InChI=1S/C11H19BrN2O2S/c1-14(6-8(15)7-16-2)9(5-13)10-3-4-11(12)17-10/h3-4,8-9,15H,5-7,13H2,1-2H3. The van der Waals surface area contributed by atoms with E-state index in [1.165, 1.54) is 4.88 Å². The van der Waals surface area contributed by atoms with Gasteiger partial charge in [-0.1, -0.05) is 0 Å². The Morgan fingerprint density at radius 1 is 1.59 bits per heavy atom. The number of ether oxygens (including phenoxy) is 1. The van der Waals surface area contributed by atoms with Gasteiger partial charge in [0.2, 0.25) is 0 Å². The van der Waals surface area contributed by atoms with Crippen molar-refractivity contribution in [1.82, 2.24) is 4.90 Å². The fourth-order valence-corrected chi connectivity index (χ4v) is 3.33. The molecule has 1 aromatic heterocycles. The number of hydrogen-bond acceptors (Lipinski definition) is 5. The third-order valence-electron chi connectivity index (χ3n) is 2.54. The van der Waals surface area contributed by atoms with Gasteiger partial charge in [-0.05, 0) is 35.1 Å². The lowest BCUT2D eigenvalue weighted by Crippen LogP contribution is -2.37. The summed E-state index contributed by atoms with van der Waals surface area (Å²) in [7, 11) is 3.55. The Bertz CT molecular complexity index is 335. The molecule has 0 saturated carbocycles. The average molecular weight is 323 g/mol. The number of methoxy groups -OCH3 is 1. The zero-order valence-corrected chi connectivity index (χ0v) is 12.5. The lowest BCUT2D eigenvalue weighted by Gasteiger charge is -2.27. The van der Waals surface area contributed by atoms with E-state index in [0.29, 0.717) is 19.7 Å². The van der Waals surface area contributed by atoms with E-state index >= 15 is 0 Å². The number of aliphatic hydroxyl groups is 1. The van der Waals surface area contributed by atoms with E-state index in [1.54, 1.807) is 18.4 Å². The second-order valence-electron chi connectivity index (χ2n) is 3.94. The molecule has 0 radical (unpaired) electrons. The molecule has 0 aliphatic carbocycles. The minimum atomic E-state index is -0.484. The molecule has 0 bridgehead atoms. The lowest BCUT2D eigenvalue weighted by molar-refractivity contribution is 0.0351. The number of nitrogens with zero attached hydrogens (tertiary/aromatic N) is 1. The van der Waals surface area contributed by atoms with Crippen LogP contribution in [-0.2, 0) is 4.74 Å². The molecule has 0 aliphatic heterocycles. The topological polar surface area (TPSA) is 58.7 Å². The molecule has 0 aromatic carbocycles. The van der Waals surface area contributed by atoms with Crippen molar-refractivity contribution in [3.63, 3.8) is 0 Å². The molecule has 0 amide bonds. The van der Waals surface area contributed by atoms with Gasteiger partial charge < -0.3 is 15.6 Å². The molecule has 1 rings (SSSR count). The van der Waals surface area contributed by atoms with E-state index in [9.17, 15) is 5.11 Å². The quantitative estimate of drug-likeness (QED) is 0.797. The summed E-state index contributed by atoms with van der Waals surface area (Å²) in [5.74, 6) is 0. The largest absolute Gasteiger partial charge is 0.389 e. The molecule has 0 spiro atoms. The number of halogens is 1. The molecule has 4 nitrogen and oxygen atoms in total. The van der Waals surface area contributed by atoms with Gasteiger partial charge >= 0.3 is 0 Å². The van der Waals surface area contributed by atoms with Crippen LogP contribution in [0.3, 0.4) is 0 Å². The van der Waals surface area contributed by atoms with Crippen molar-refractivity contribution >= 4 is 27.3 Å². The van der Waals surface area contributed by atoms with Crippen LogP contribution < -0.4 is 5.73 Å². The monoisotopic (exact) mass is 322 g/mol. The van der Waals surface area contributed by atoms with Gasteiger partial charge in [-0.3, -0.25) is 4.90 Å². The average Bonchev–Trinajstić information content (AvgIpc) is 2.66. The Hall–Kier alpha value is 0.0200. The highest BCUT2D eigenvalue weighted by molar-refractivity contribution is 9.11. The van der Waals surface area contributed by atoms with Crippen molar-refractivity contribution in [3.8, 4) is 0 Å². The van der Waals surface area contributed by atoms with Crippen LogP contribution in [0, 0.1) is 0 Å². The van der Waals surface area contributed by atoms with Crippen molar-refractivity contribution in [2.45, 2.75) is 12.1 Å². The molecular formula is C11H19BrN2O2S. The van der Waals surface area contributed by atoms with Crippen molar-refractivity contribution in [3.05, 3.63) is 20.8 Å². The van der Waals surface area contributed by atoms with Crippen molar-refractivity contribution in [2.75, 3.05) is 33.9 Å². The predicted molar refractivity (Wildman–Crippen MR) is 74.3 cm³/mol. The van der Waals surface area contributed by atoms with Gasteiger partial charge in [0.25, 0.3) is 0 Å². The predicted octanol–water partition coefficient (Wildman–Crippen LogP) is 1.45. The fourth-order valence-electron chi connectivity index (χ4n) is 1.73. The second-order valence-corrected chi connectivity index (χ2v) is 6.44. The maximum Gasteiger partial charge on any atom is 0.0900 e. The van der Waals surface area contributed by atoms with Crippen LogP contribution in [0.2, 0.25) is 0 Å². The molecule has 0 saturated heterocycles. The van der Waals surface area contributed by atoms with E-state index < -0.39 is 6.10 Å². The highest BCUT2D eigenvalue weighted by atomic mass is 79.9. The van der Waals surface area contributed by atoms with Crippen LogP contribution >= 0.6 is 27.3 Å². The molecule has 17 heavy (non-hydrogen) atoms. The Labute approximate surface area is 115 Å². The van der Waals surface area contributed by atoms with E-state index in [4.69, 9.17) is 10.5 Å². The maximum absolute atomic E-state index is 9.70. The summed E-state index contributed by atoms with van der Waals surface area (Å²) >= 11 is 5.12. The number of hydrogen-bond donors (Lipinski definition) is 2. The fraction of sp³-hybridized carbons (Fsp3) is 0.636. The smallest absolute Gasteiger partial charge is 0.0900 e. The first-order valence-corrected chi connectivity index (χ1v) is 7.02. The Morgan fingerprint density at radius 3 is 2.76 bits per heavy atom. The van der Waals surface area contributed by atoms with Crippen LogP contribution in [0.4, 0.5) is 0 Å². The van der Waals surface area contributed by atoms with Crippen molar-refractivity contribution < 1.29 is 9.84 Å². The summed E-state index contributed by atoms with van der Waals surface area (Å²) < 4.78 is 6.01. The summed E-state index contributed by atoms with van der Waals surface area (Å²) in [5, 5.41) is 9.70. The zero-order valence-electron chi connectivity index (χ0n) is 10.1. The summed E-state index contributed by atoms with van der Waals surface area (Å²) in [6.45, 7) is 1.42. The van der Waals surface area contributed by atoms with Crippen LogP contribution in [0.15, 0.2) is 15.9 Å². The number of rotatable bonds is 7. The number of thiophene rings is 1. The van der Waals surface area contributed by atoms with Crippen LogP contribution in [-0.4, -0.2) is 50.0 Å². The zero-order chi connectivity index (χ0) is 12.8. The number of aliphatic hydroxyl groups excluding tert-OH is 1. The molecule has 2 unspecified atom stereocenters. The SMILES string of the molecule is COCC(O)CN(C)C(CN)c1ccc(Br)s1. The van der Waals surface area contributed by atoms with Crippen molar-refractivity contribution in [2.24, 2.45) is 5.73 Å². The Morgan fingerprint density at radius 2 is 2.29 bits per heavy atom. The van der Waals surface area contributed by atoms with Gasteiger partial charge in [-0.15, -0.1) is 11.3 Å². The first kappa shape index (κ1) is 15.1. The molecule has 98 valence electrons. The van der Waals surface area contributed by atoms with E-state index in [1.807, 2.05) is 13.1 Å². The van der Waals surface area contributed by atoms with Crippen LogP contribution in [0.1, 0.15) is 10.9 Å². The van der Waals surface area contributed by atoms with Gasteiger partial charge in [-0.2, -0.15) is 0 Å². The van der Waals surface area contributed by atoms with Crippen LogP contribution in [0.25, 0.3) is 0 Å². The van der Waals surface area contributed by atoms with Gasteiger partial charge in [-0.25, -0.2) is 0 Å². The number of likely N-dealkylation sites (N-methyl/N-ethyl adjacent to an activating group) is 1. The molecule has 1 heterocycles. The highest BCUT2D eigenvalue weighted by Crippen LogP contribution is 2.29. The Balaban J connectivity index is 2.61. The molecule has 0 aliphatic rings. The molecule has 0 fully saturated rings. The van der Waals surface area contributed by atoms with Gasteiger partial charge in [0.15, 0.2) is 0 Å². The van der Waals surface area contributed by atoms with Crippen molar-refractivity contribution in [1.29, 1.82) is 0 Å². The highest BCUT2D eigenvalue weighted by Gasteiger charge is 2.19. The minimum absolute atomic E-state index is 0.137. The summed E-state index contributed by atoms with van der Waals surface area (Å²) in [6.07, 6.45) is -0.484. The summed E-state index contributed by atoms with van der Waals surface area (Å²) in [4.78, 5) is 3.26. The van der Waals surface area contributed by atoms with Gasteiger partial charge in [0.05, 0.1) is 22.5 Å². The third kappa shape index (κ3) is 4.65. The first-order valence-electron chi connectivity index (χ1n) is 5.41. The van der Waals surface area contributed by atoms with Crippen LogP contribution in [0.5, 0.6) is 0 Å². The van der Waals surface area contributed by atoms with Gasteiger partial charge in [0, 0.05) is 25.1 Å². The summed E-state index contributed by atoms with van der Waals surface area (Å²) in [6, 6.07) is 4.21. The second kappa shape index (κ2) is 7.45. The van der Waals surface area contributed by atoms with E-state index in [0.717, 1.165) is 3.79 Å². The molecule has 1 aromatic rings. The van der Waals surface area contributed by atoms with Gasteiger partial charge in [0.1, 0.15) is 0 Å². The van der Waals surface area contributed by atoms with E-state index in [-0.39, 0.29) is 6.04 Å². The molecule has 6 heteroatoms. The van der Waals surface area contributed by atoms with E-state index in [2.05, 4.69) is 26.9 Å². The number of nitrogens with two attached hydrogens (primary N) is 1. The lowest BCUT2D eigenvalue weighted by atomic mass is 10.2. The first-order chi connectivity index (χ1) is 8.08. The Kier molecular flexibility index (Phi) is 6.61. The normalized spacial score (nSPS) is 15.2. The third-order valence-corrected chi connectivity index (χ3v) is 4.26. The minimum Gasteiger partial charge on any atom is -0.389 e. The molecule has 2 atom stereocenters.